The molecule has 0 saturated carbocycles. The minimum absolute atomic E-state index is 0.150. The number of carbonyl (C=O) groups excluding carboxylic acids is 2. The molecule has 0 aromatic heterocycles. The van der Waals surface area contributed by atoms with Crippen molar-refractivity contribution >= 4 is 17.6 Å². The summed E-state index contributed by atoms with van der Waals surface area (Å²) in [5.41, 5.74) is 3.04. The number of anilines is 1. The number of ether oxygens (including phenoxy) is 2. The second-order valence-corrected chi connectivity index (χ2v) is 6.20. The molecule has 2 aromatic rings. The Labute approximate surface area is 159 Å². The smallest absolute Gasteiger partial charge is 0.465 e. The standard InChI is InChI=1S/C20H18F3NO4/c1-2-27-19(26)12-24-17-9-5-14(11-15(17)6-10-18(24)25)13-3-7-16(8-4-13)28-20(21,22)23/h3-5,7-9,11H,2,6,10,12H2,1H3. The second-order valence-electron chi connectivity index (χ2n) is 6.20. The van der Waals surface area contributed by atoms with Gasteiger partial charge in [0.05, 0.1) is 6.61 Å². The van der Waals surface area contributed by atoms with E-state index in [1.54, 1.807) is 19.1 Å². The number of amides is 1. The van der Waals surface area contributed by atoms with Gasteiger partial charge in [-0.2, -0.15) is 0 Å². The maximum absolute atomic E-state index is 12.3. The van der Waals surface area contributed by atoms with Crippen LogP contribution < -0.4 is 9.64 Å². The zero-order valence-corrected chi connectivity index (χ0v) is 15.1. The minimum atomic E-state index is -4.73. The summed E-state index contributed by atoms with van der Waals surface area (Å²) in [4.78, 5) is 25.4. The number of aryl methyl sites for hydroxylation is 1. The quantitative estimate of drug-likeness (QED) is 0.718. The fourth-order valence-electron chi connectivity index (χ4n) is 3.10. The highest BCUT2D eigenvalue weighted by molar-refractivity contribution is 6.00. The average molecular weight is 393 g/mol. The van der Waals surface area contributed by atoms with Crippen LogP contribution in [-0.4, -0.2) is 31.4 Å². The van der Waals surface area contributed by atoms with Gasteiger partial charge in [-0.15, -0.1) is 13.2 Å². The van der Waals surface area contributed by atoms with Crippen LogP contribution >= 0.6 is 0 Å². The van der Waals surface area contributed by atoms with E-state index < -0.39 is 12.3 Å². The van der Waals surface area contributed by atoms with Gasteiger partial charge in [0.25, 0.3) is 0 Å². The molecule has 1 heterocycles. The Bertz CT molecular complexity index is 878. The van der Waals surface area contributed by atoms with Crippen molar-refractivity contribution in [3.63, 3.8) is 0 Å². The molecule has 1 aliphatic rings. The molecule has 3 rings (SSSR count). The molecular formula is C20H18F3NO4. The third-order valence-electron chi connectivity index (χ3n) is 4.29. The number of fused-ring (bicyclic) bond motifs is 1. The molecule has 8 heteroatoms. The van der Waals surface area contributed by atoms with E-state index in [9.17, 15) is 22.8 Å². The Kier molecular flexibility index (Phi) is 5.58. The lowest BCUT2D eigenvalue weighted by Crippen LogP contribution is -2.39. The van der Waals surface area contributed by atoms with Gasteiger partial charge in [0.2, 0.25) is 5.91 Å². The van der Waals surface area contributed by atoms with E-state index in [0.29, 0.717) is 17.7 Å². The van der Waals surface area contributed by atoms with Gasteiger partial charge in [0.1, 0.15) is 12.3 Å². The van der Waals surface area contributed by atoms with Crippen molar-refractivity contribution in [3.8, 4) is 16.9 Å². The maximum atomic E-state index is 12.3. The second kappa shape index (κ2) is 7.92. The number of alkyl halides is 3. The molecule has 28 heavy (non-hydrogen) atoms. The van der Waals surface area contributed by atoms with Crippen molar-refractivity contribution < 1.29 is 32.2 Å². The number of hydrogen-bond donors (Lipinski definition) is 0. The lowest BCUT2D eigenvalue weighted by molar-refractivity contribution is -0.274. The van der Waals surface area contributed by atoms with Crippen LogP contribution in [0.5, 0.6) is 5.75 Å². The van der Waals surface area contributed by atoms with Crippen LogP contribution in [0.4, 0.5) is 18.9 Å². The number of nitrogens with zero attached hydrogens (tertiary/aromatic N) is 1. The predicted molar refractivity (Wildman–Crippen MR) is 95.9 cm³/mol. The molecule has 0 atom stereocenters. The summed E-state index contributed by atoms with van der Waals surface area (Å²) in [7, 11) is 0. The van der Waals surface area contributed by atoms with Gasteiger partial charge in [0, 0.05) is 12.1 Å². The van der Waals surface area contributed by atoms with E-state index in [-0.39, 0.29) is 31.2 Å². The first kappa shape index (κ1) is 19.7. The number of benzene rings is 2. The molecule has 0 radical (unpaired) electrons. The molecule has 0 saturated heterocycles. The fraction of sp³-hybridized carbons (Fsp3) is 0.300. The highest BCUT2D eigenvalue weighted by Crippen LogP contribution is 2.33. The first-order chi connectivity index (χ1) is 13.3. The van der Waals surface area contributed by atoms with Crippen molar-refractivity contribution in [2.75, 3.05) is 18.1 Å². The van der Waals surface area contributed by atoms with Gasteiger partial charge >= 0.3 is 12.3 Å². The van der Waals surface area contributed by atoms with Crippen molar-refractivity contribution in [1.29, 1.82) is 0 Å². The normalized spacial score (nSPS) is 13.9. The number of hydrogen-bond acceptors (Lipinski definition) is 4. The van der Waals surface area contributed by atoms with E-state index in [0.717, 1.165) is 11.1 Å². The first-order valence-electron chi connectivity index (χ1n) is 8.72. The van der Waals surface area contributed by atoms with E-state index >= 15 is 0 Å². The lowest BCUT2D eigenvalue weighted by atomic mass is 9.96. The van der Waals surface area contributed by atoms with E-state index in [1.807, 2.05) is 6.07 Å². The third-order valence-corrected chi connectivity index (χ3v) is 4.29. The van der Waals surface area contributed by atoms with Gasteiger partial charge in [-0.3, -0.25) is 9.59 Å². The largest absolute Gasteiger partial charge is 0.573 e. The van der Waals surface area contributed by atoms with Crippen LogP contribution in [0.25, 0.3) is 11.1 Å². The van der Waals surface area contributed by atoms with E-state index in [1.165, 1.54) is 29.2 Å². The van der Waals surface area contributed by atoms with Crippen LogP contribution in [0.15, 0.2) is 42.5 Å². The van der Waals surface area contributed by atoms with Crippen LogP contribution in [0.2, 0.25) is 0 Å². The molecule has 0 N–H and O–H groups in total. The zero-order valence-electron chi connectivity index (χ0n) is 15.1. The number of esters is 1. The van der Waals surface area contributed by atoms with Crippen LogP contribution in [0, 0.1) is 0 Å². The summed E-state index contributed by atoms with van der Waals surface area (Å²) < 4.78 is 45.6. The Balaban J connectivity index is 1.83. The molecule has 5 nitrogen and oxygen atoms in total. The van der Waals surface area contributed by atoms with Gasteiger partial charge in [-0.05, 0) is 54.3 Å². The molecule has 0 unspecified atom stereocenters. The van der Waals surface area contributed by atoms with Crippen molar-refractivity contribution in [2.45, 2.75) is 26.1 Å². The monoisotopic (exact) mass is 393 g/mol. The average Bonchev–Trinajstić information content (AvgIpc) is 2.63. The maximum Gasteiger partial charge on any atom is 0.573 e. The minimum Gasteiger partial charge on any atom is -0.465 e. The summed E-state index contributed by atoms with van der Waals surface area (Å²) in [6, 6.07) is 10.9. The third kappa shape index (κ3) is 4.62. The molecule has 0 spiro atoms. The molecule has 0 fully saturated rings. The van der Waals surface area contributed by atoms with Crippen LogP contribution in [0.3, 0.4) is 0 Å². The highest BCUT2D eigenvalue weighted by atomic mass is 19.4. The van der Waals surface area contributed by atoms with Crippen molar-refractivity contribution in [1.82, 2.24) is 0 Å². The first-order valence-corrected chi connectivity index (χ1v) is 8.72. The summed E-state index contributed by atoms with van der Waals surface area (Å²) in [5.74, 6) is -0.921. The lowest BCUT2D eigenvalue weighted by Gasteiger charge is -2.29. The Morgan fingerprint density at radius 2 is 1.75 bits per heavy atom. The predicted octanol–water partition coefficient (Wildman–Crippen LogP) is 4.09. The fourth-order valence-corrected chi connectivity index (χ4v) is 3.10. The Morgan fingerprint density at radius 3 is 2.39 bits per heavy atom. The van der Waals surface area contributed by atoms with Crippen LogP contribution in [0.1, 0.15) is 18.9 Å². The number of halogens is 3. The van der Waals surface area contributed by atoms with Gasteiger partial charge in [-0.25, -0.2) is 0 Å². The van der Waals surface area contributed by atoms with E-state index in [2.05, 4.69) is 4.74 Å². The van der Waals surface area contributed by atoms with E-state index in [4.69, 9.17) is 4.74 Å². The summed E-state index contributed by atoms with van der Waals surface area (Å²) in [6.07, 6.45) is -3.94. The molecular weight excluding hydrogens is 375 g/mol. The zero-order chi connectivity index (χ0) is 20.3. The summed E-state index contributed by atoms with van der Waals surface area (Å²) in [5, 5.41) is 0. The summed E-state index contributed by atoms with van der Waals surface area (Å²) >= 11 is 0. The topological polar surface area (TPSA) is 55.8 Å². The van der Waals surface area contributed by atoms with Crippen molar-refractivity contribution in [2.24, 2.45) is 0 Å². The molecule has 1 aliphatic heterocycles. The molecule has 0 bridgehead atoms. The number of rotatable bonds is 5. The number of carbonyl (C=O) groups is 2. The SMILES string of the molecule is CCOC(=O)CN1C(=O)CCc2cc(-c3ccc(OC(F)(F)F)cc3)ccc21. The molecule has 0 aliphatic carbocycles. The molecule has 148 valence electrons. The van der Waals surface area contributed by atoms with Crippen LogP contribution in [-0.2, 0) is 20.7 Å². The Morgan fingerprint density at radius 1 is 1.07 bits per heavy atom. The van der Waals surface area contributed by atoms with Gasteiger partial charge < -0.3 is 14.4 Å². The van der Waals surface area contributed by atoms with Crippen molar-refractivity contribution in [3.05, 3.63) is 48.0 Å². The molecule has 2 aromatic carbocycles. The molecule has 1 amide bonds. The van der Waals surface area contributed by atoms with Gasteiger partial charge in [0.15, 0.2) is 0 Å². The van der Waals surface area contributed by atoms with Gasteiger partial charge in [-0.1, -0.05) is 18.2 Å². The Hall–Kier alpha value is -3.03. The highest BCUT2D eigenvalue weighted by Gasteiger charge is 2.31. The summed E-state index contributed by atoms with van der Waals surface area (Å²) in [6.45, 7) is 1.78.